The first-order valence-electron chi connectivity index (χ1n) is 6.61. The van der Waals surface area contributed by atoms with Crippen LogP contribution in [0.3, 0.4) is 0 Å². The highest BCUT2D eigenvalue weighted by atomic mass is 35.5. The molecule has 0 bridgehead atoms. The van der Waals surface area contributed by atoms with Gasteiger partial charge in [0.25, 0.3) is 0 Å². The summed E-state index contributed by atoms with van der Waals surface area (Å²) in [4.78, 5) is 0. The van der Waals surface area contributed by atoms with Crippen LogP contribution in [0.1, 0.15) is 38.7 Å². The van der Waals surface area contributed by atoms with E-state index in [4.69, 9.17) is 11.6 Å². The lowest BCUT2D eigenvalue weighted by molar-refractivity contribution is 0.268. The Labute approximate surface area is 110 Å². The molecular weight excluding hydrogens is 230 g/mol. The summed E-state index contributed by atoms with van der Waals surface area (Å²) in [7, 11) is 0. The van der Waals surface area contributed by atoms with Crippen LogP contribution in [-0.2, 0) is 0 Å². The summed E-state index contributed by atoms with van der Waals surface area (Å²) >= 11 is 6.28. The van der Waals surface area contributed by atoms with Gasteiger partial charge in [0.2, 0.25) is 0 Å². The third-order valence-electron chi connectivity index (χ3n) is 4.08. The molecule has 2 rings (SSSR count). The Hall–Kier alpha value is -0.690. The van der Waals surface area contributed by atoms with Crippen molar-refractivity contribution >= 4 is 17.3 Å². The van der Waals surface area contributed by atoms with E-state index in [0.717, 1.165) is 22.5 Å². The van der Waals surface area contributed by atoms with Crippen molar-refractivity contribution < 1.29 is 0 Å². The Morgan fingerprint density at radius 3 is 2.41 bits per heavy atom. The lowest BCUT2D eigenvalue weighted by Crippen LogP contribution is -2.37. The van der Waals surface area contributed by atoms with Crippen LogP contribution in [0.15, 0.2) is 18.2 Å². The van der Waals surface area contributed by atoms with Crippen molar-refractivity contribution in [2.45, 2.75) is 46.1 Å². The molecular formula is C15H22ClN. The quantitative estimate of drug-likeness (QED) is 0.790. The zero-order valence-electron chi connectivity index (χ0n) is 11.0. The summed E-state index contributed by atoms with van der Waals surface area (Å²) < 4.78 is 0. The average molecular weight is 252 g/mol. The molecule has 0 heterocycles. The summed E-state index contributed by atoms with van der Waals surface area (Å²) in [5, 5.41) is 4.53. The second-order valence-electron chi connectivity index (χ2n) is 5.49. The maximum Gasteiger partial charge on any atom is 0.0640 e. The van der Waals surface area contributed by atoms with Gasteiger partial charge < -0.3 is 5.32 Å². The molecule has 17 heavy (non-hydrogen) atoms. The van der Waals surface area contributed by atoms with Crippen molar-refractivity contribution in [3.05, 3.63) is 28.8 Å². The predicted octanol–water partition coefficient (Wildman–Crippen LogP) is 4.89. The molecule has 1 aliphatic carbocycles. The van der Waals surface area contributed by atoms with E-state index in [9.17, 15) is 0 Å². The first-order valence-corrected chi connectivity index (χ1v) is 6.99. The number of aryl methyl sites for hydroxylation is 1. The predicted molar refractivity (Wildman–Crippen MR) is 75.8 cm³/mol. The maximum absolute atomic E-state index is 6.28. The summed E-state index contributed by atoms with van der Waals surface area (Å²) in [6.45, 7) is 6.81. The number of hydrogen-bond donors (Lipinski definition) is 1. The molecule has 2 atom stereocenters. The number of para-hydroxylation sites is 1. The van der Waals surface area contributed by atoms with E-state index in [1.807, 2.05) is 12.1 Å². The van der Waals surface area contributed by atoms with E-state index in [2.05, 4.69) is 32.2 Å². The Kier molecular flexibility index (Phi) is 3.98. The summed E-state index contributed by atoms with van der Waals surface area (Å²) in [5.74, 6) is 1.46. The normalized spacial score (nSPS) is 29.1. The lowest BCUT2D eigenvalue weighted by atomic mass is 9.78. The lowest BCUT2D eigenvalue weighted by Gasteiger charge is -2.36. The van der Waals surface area contributed by atoms with E-state index in [-0.39, 0.29) is 0 Å². The highest BCUT2D eigenvalue weighted by Gasteiger charge is 2.28. The number of hydrogen-bond acceptors (Lipinski definition) is 1. The number of anilines is 1. The fourth-order valence-corrected chi connectivity index (χ4v) is 3.22. The molecule has 1 aliphatic rings. The molecule has 0 aliphatic heterocycles. The maximum atomic E-state index is 6.28. The molecule has 1 fully saturated rings. The van der Waals surface area contributed by atoms with Crippen molar-refractivity contribution in [3.63, 3.8) is 0 Å². The van der Waals surface area contributed by atoms with Gasteiger partial charge in [0.05, 0.1) is 10.7 Å². The molecule has 1 N–H and O–H groups in total. The van der Waals surface area contributed by atoms with Crippen LogP contribution in [0.2, 0.25) is 5.02 Å². The molecule has 1 aromatic carbocycles. The summed E-state index contributed by atoms with van der Waals surface area (Å²) in [6, 6.07) is 6.65. The molecule has 1 aromatic rings. The third kappa shape index (κ3) is 2.77. The topological polar surface area (TPSA) is 12.0 Å². The van der Waals surface area contributed by atoms with Gasteiger partial charge in [-0.3, -0.25) is 0 Å². The Morgan fingerprint density at radius 1 is 1.18 bits per heavy atom. The van der Waals surface area contributed by atoms with E-state index in [1.165, 1.54) is 24.8 Å². The van der Waals surface area contributed by atoms with Crippen molar-refractivity contribution in [2.75, 3.05) is 5.32 Å². The van der Waals surface area contributed by atoms with Crippen molar-refractivity contribution in [1.82, 2.24) is 0 Å². The van der Waals surface area contributed by atoms with Gasteiger partial charge >= 0.3 is 0 Å². The van der Waals surface area contributed by atoms with Gasteiger partial charge in [-0.25, -0.2) is 0 Å². The fraction of sp³-hybridized carbons (Fsp3) is 0.600. The van der Waals surface area contributed by atoms with Gasteiger partial charge in [0.15, 0.2) is 0 Å². The second-order valence-corrected chi connectivity index (χ2v) is 5.89. The van der Waals surface area contributed by atoms with Crippen molar-refractivity contribution in [2.24, 2.45) is 11.8 Å². The minimum atomic E-state index is 0.558. The molecule has 94 valence electrons. The minimum Gasteiger partial charge on any atom is -0.380 e. The van der Waals surface area contributed by atoms with Gasteiger partial charge in [-0.2, -0.15) is 0 Å². The largest absolute Gasteiger partial charge is 0.380 e. The standard InChI is InChI=1S/C15H22ClN/c1-10-6-4-7-11(2)14(10)17-15-12(3)8-5-9-13(15)16/h5,8-11,14,17H,4,6-7H2,1-3H3. The van der Waals surface area contributed by atoms with Gasteiger partial charge in [0.1, 0.15) is 0 Å². The molecule has 0 spiro atoms. The van der Waals surface area contributed by atoms with Gasteiger partial charge in [-0.15, -0.1) is 0 Å². The number of rotatable bonds is 2. The van der Waals surface area contributed by atoms with Crippen LogP contribution < -0.4 is 5.32 Å². The number of halogens is 1. The minimum absolute atomic E-state index is 0.558. The van der Waals surface area contributed by atoms with Crippen LogP contribution in [-0.4, -0.2) is 6.04 Å². The molecule has 0 aromatic heterocycles. The number of nitrogens with one attached hydrogen (secondary N) is 1. The van der Waals surface area contributed by atoms with Crippen molar-refractivity contribution in [3.8, 4) is 0 Å². The number of benzene rings is 1. The average Bonchev–Trinajstić information content (AvgIpc) is 2.27. The van der Waals surface area contributed by atoms with Crippen LogP contribution in [0, 0.1) is 18.8 Å². The first-order chi connectivity index (χ1) is 8.09. The molecule has 1 nitrogen and oxygen atoms in total. The van der Waals surface area contributed by atoms with Gasteiger partial charge in [0, 0.05) is 6.04 Å². The molecule has 0 radical (unpaired) electrons. The van der Waals surface area contributed by atoms with E-state index in [1.54, 1.807) is 0 Å². The molecule has 0 saturated heterocycles. The Bertz CT molecular complexity index is 358. The van der Waals surface area contributed by atoms with E-state index >= 15 is 0 Å². The molecule has 2 unspecified atom stereocenters. The van der Waals surface area contributed by atoms with Crippen LogP contribution in [0.5, 0.6) is 0 Å². The van der Waals surface area contributed by atoms with Crippen LogP contribution >= 0.6 is 11.6 Å². The zero-order chi connectivity index (χ0) is 12.4. The second kappa shape index (κ2) is 5.30. The molecule has 0 amide bonds. The van der Waals surface area contributed by atoms with E-state index in [0.29, 0.717) is 6.04 Å². The Morgan fingerprint density at radius 2 is 1.82 bits per heavy atom. The first kappa shape index (κ1) is 12.8. The Balaban J connectivity index is 2.19. The SMILES string of the molecule is Cc1cccc(Cl)c1NC1C(C)CCCC1C. The van der Waals surface area contributed by atoms with Gasteiger partial charge in [-0.05, 0) is 43.2 Å². The zero-order valence-corrected chi connectivity index (χ0v) is 11.7. The highest BCUT2D eigenvalue weighted by Crippen LogP contribution is 2.34. The monoisotopic (exact) mass is 251 g/mol. The summed E-state index contributed by atoms with van der Waals surface area (Å²) in [5.41, 5.74) is 2.36. The molecule has 1 saturated carbocycles. The van der Waals surface area contributed by atoms with Crippen molar-refractivity contribution in [1.29, 1.82) is 0 Å². The third-order valence-corrected chi connectivity index (χ3v) is 4.39. The highest BCUT2D eigenvalue weighted by molar-refractivity contribution is 6.33. The van der Waals surface area contributed by atoms with Crippen LogP contribution in [0.25, 0.3) is 0 Å². The fourth-order valence-electron chi connectivity index (χ4n) is 2.95. The molecule has 2 heteroatoms. The van der Waals surface area contributed by atoms with Crippen LogP contribution in [0.4, 0.5) is 5.69 Å². The summed E-state index contributed by atoms with van der Waals surface area (Å²) in [6.07, 6.45) is 4.01. The van der Waals surface area contributed by atoms with Gasteiger partial charge in [-0.1, -0.05) is 44.0 Å². The smallest absolute Gasteiger partial charge is 0.0640 e. The van der Waals surface area contributed by atoms with E-state index < -0.39 is 0 Å².